The maximum Gasteiger partial charge on any atom is 0.327 e. The molecular weight excluding hydrogens is 284 g/mol. The van der Waals surface area contributed by atoms with E-state index in [1.165, 1.54) is 13.8 Å². The van der Waals surface area contributed by atoms with Crippen LogP contribution in [-0.4, -0.2) is 50.7 Å². The molecule has 3 N–H and O–H groups in total. The van der Waals surface area contributed by atoms with E-state index in [1.54, 1.807) is 0 Å². The molecule has 0 aliphatic heterocycles. The fraction of sp³-hybridized carbons (Fsp3) is 0.750. The Kier molecular flexibility index (Phi) is 8.05. The van der Waals surface area contributed by atoms with Crippen LogP contribution in [0.25, 0.3) is 0 Å². The van der Waals surface area contributed by atoms with Crippen molar-refractivity contribution < 1.29 is 23.7 Å². The van der Waals surface area contributed by atoms with Gasteiger partial charge in [0.2, 0.25) is 11.8 Å². The summed E-state index contributed by atoms with van der Waals surface area (Å²) in [6.45, 7) is 6.98. The smallest absolute Gasteiger partial charge is 0.327 e. The Labute approximate surface area is 121 Å². The Bertz CT molecular complexity index is 397. The van der Waals surface area contributed by atoms with E-state index in [0.29, 0.717) is 6.54 Å². The number of amides is 2. The summed E-state index contributed by atoms with van der Waals surface area (Å²) in [4.78, 5) is 33.5. The van der Waals surface area contributed by atoms with Gasteiger partial charge in [-0.25, -0.2) is 4.79 Å². The Morgan fingerprint density at radius 2 is 1.75 bits per heavy atom. The summed E-state index contributed by atoms with van der Waals surface area (Å²) < 4.78 is 12.0. The van der Waals surface area contributed by atoms with Gasteiger partial charge in [-0.3, -0.25) is 13.8 Å². The van der Waals surface area contributed by atoms with Crippen molar-refractivity contribution in [1.82, 2.24) is 10.6 Å². The minimum atomic E-state index is -1.68. The number of hydrogen-bond donors (Lipinski definition) is 3. The number of carbonyl (C=O) groups is 3. The molecule has 8 heteroatoms. The van der Waals surface area contributed by atoms with Gasteiger partial charge in [-0.05, 0) is 12.8 Å². The van der Waals surface area contributed by atoms with E-state index < -0.39 is 34.0 Å². The molecule has 0 saturated carbocycles. The first-order chi connectivity index (χ1) is 9.15. The van der Waals surface area contributed by atoms with Crippen LogP contribution in [0.5, 0.6) is 0 Å². The van der Waals surface area contributed by atoms with Crippen molar-refractivity contribution in [1.29, 1.82) is 0 Å². The van der Waals surface area contributed by atoms with Crippen molar-refractivity contribution >= 4 is 28.6 Å². The molecule has 3 atom stereocenters. The minimum Gasteiger partial charge on any atom is -0.480 e. The first-order valence-electron chi connectivity index (χ1n) is 6.30. The van der Waals surface area contributed by atoms with Crippen LogP contribution in [0.15, 0.2) is 0 Å². The van der Waals surface area contributed by atoms with Gasteiger partial charge in [-0.2, -0.15) is 0 Å². The Balaban J connectivity index is 4.52. The largest absolute Gasteiger partial charge is 0.480 e. The molecule has 0 saturated heterocycles. The molecule has 2 amide bonds. The molecule has 0 aliphatic rings. The molecule has 7 nitrogen and oxygen atoms in total. The summed E-state index contributed by atoms with van der Waals surface area (Å²) in [5, 5.41) is 12.9. The molecule has 2 unspecified atom stereocenters. The maximum atomic E-state index is 12.0. The van der Waals surface area contributed by atoms with Gasteiger partial charge in [0.15, 0.2) is 0 Å². The predicted octanol–water partition coefficient (Wildman–Crippen LogP) is -0.515. The summed E-state index contributed by atoms with van der Waals surface area (Å²) in [6, 6.07) is -1.26. The van der Waals surface area contributed by atoms with Gasteiger partial charge in [0.05, 0.1) is 5.75 Å². The zero-order valence-corrected chi connectivity index (χ0v) is 13.0. The number of hydrogen-bond acceptors (Lipinski definition) is 4. The molecule has 0 rings (SSSR count). The second-order valence-electron chi connectivity index (χ2n) is 4.92. The number of nitrogens with one attached hydrogen (secondary N) is 2. The Morgan fingerprint density at radius 3 is 2.15 bits per heavy atom. The van der Waals surface area contributed by atoms with Crippen molar-refractivity contribution in [3.63, 3.8) is 0 Å². The average molecular weight is 306 g/mol. The Morgan fingerprint density at radius 1 is 1.20 bits per heavy atom. The van der Waals surface area contributed by atoms with E-state index >= 15 is 0 Å². The molecule has 0 spiro atoms. The van der Waals surface area contributed by atoms with Crippen LogP contribution in [0.3, 0.4) is 0 Å². The van der Waals surface area contributed by atoms with Gasteiger partial charge in [0.1, 0.15) is 11.3 Å². The molecule has 0 radical (unpaired) electrons. The van der Waals surface area contributed by atoms with Crippen LogP contribution in [0.1, 0.15) is 27.7 Å². The van der Waals surface area contributed by atoms with Crippen LogP contribution in [0.2, 0.25) is 0 Å². The summed E-state index contributed by atoms with van der Waals surface area (Å²) in [5.74, 6) is -2.21. The lowest BCUT2D eigenvalue weighted by Gasteiger charge is -2.17. The van der Waals surface area contributed by atoms with E-state index in [-0.39, 0.29) is 17.6 Å². The summed E-state index contributed by atoms with van der Waals surface area (Å²) in [5.41, 5.74) is 0. The molecule has 116 valence electrons. The van der Waals surface area contributed by atoms with E-state index in [1.807, 2.05) is 13.8 Å². The lowest BCUT2D eigenvalue weighted by atomic mass is 10.2. The second kappa shape index (κ2) is 8.68. The van der Waals surface area contributed by atoms with Crippen LogP contribution >= 0.6 is 0 Å². The Hall–Kier alpha value is -1.44. The summed E-state index contributed by atoms with van der Waals surface area (Å²) in [6.07, 6.45) is 0. The first kappa shape index (κ1) is 18.6. The van der Waals surface area contributed by atoms with Crippen LogP contribution in [-0.2, 0) is 25.2 Å². The minimum absolute atomic E-state index is 0.269. The molecule has 0 aliphatic carbocycles. The molecule has 0 heterocycles. The molecule has 0 bridgehead atoms. The number of aliphatic carboxylic acids is 1. The molecule has 0 aromatic heterocycles. The standard InChI is InChI=1S/C12H22N2O5S/c1-7(2)5-13-11(16)8(3)20(19)6-10(12(17)18)14-9(4)15/h7-8,10H,5-6H2,1-4H3,(H,13,16)(H,14,15)(H,17,18)/t8?,10-,20?/m0/s1. The highest BCUT2D eigenvalue weighted by molar-refractivity contribution is 7.86. The maximum absolute atomic E-state index is 12.0. The fourth-order valence-corrected chi connectivity index (χ4v) is 2.46. The number of carboxylic acids is 1. The van der Waals surface area contributed by atoms with Gasteiger partial charge in [0, 0.05) is 24.3 Å². The average Bonchev–Trinajstić information content (AvgIpc) is 2.33. The predicted molar refractivity (Wildman–Crippen MR) is 75.6 cm³/mol. The highest BCUT2D eigenvalue weighted by Gasteiger charge is 2.27. The summed E-state index contributed by atoms with van der Waals surface area (Å²) in [7, 11) is -1.68. The van der Waals surface area contributed by atoms with Gasteiger partial charge in [-0.1, -0.05) is 13.8 Å². The molecule has 20 heavy (non-hydrogen) atoms. The molecule has 0 aromatic rings. The highest BCUT2D eigenvalue weighted by atomic mass is 32.2. The quantitative estimate of drug-likeness (QED) is 0.559. The van der Waals surface area contributed by atoms with E-state index in [0.717, 1.165) is 0 Å². The second-order valence-corrected chi connectivity index (χ2v) is 6.72. The van der Waals surface area contributed by atoms with Crippen molar-refractivity contribution in [3.05, 3.63) is 0 Å². The van der Waals surface area contributed by atoms with Crippen LogP contribution in [0.4, 0.5) is 0 Å². The highest BCUT2D eigenvalue weighted by Crippen LogP contribution is 2.01. The van der Waals surface area contributed by atoms with Crippen molar-refractivity contribution in [2.24, 2.45) is 5.92 Å². The monoisotopic (exact) mass is 306 g/mol. The molecule has 0 aromatic carbocycles. The molecule has 0 fully saturated rings. The van der Waals surface area contributed by atoms with Gasteiger partial charge >= 0.3 is 5.97 Å². The van der Waals surface area contributed by atoms with Gasteiger partial charge < -0.3 is 15.7 Å². The van der Waals surface area contributed by atoms with Crippen LogP contribution < -0.4 is 10.6 Å². The van der Waals surface area contributed by atoms with E-state index in [9.17, 15) is 18.6 Å². The lowest BCUT2D eigenvalue weighted by molar-refractivity contribution is -0.140. The van der Waals surface area contributed by atoms with Gasteiger partial charge in [0.25, 0.3) is 0 Å². The number of carbonyl (C=O) groups excluding carboxylic acids is 2. The number of carboxylic acid groups (broad SMARTS) is 1. The SMILES string of the molecule is CC(=O)N[C@@H](CS(=O)C(C)C(=O)NCC(C)C)C(=O)O. The third-order valence-corrected chi connectivity index (χ3v) is 4.12. The lowest BCUT2D eigenvalue weighted by Crippen LogP contribution is -2.46. The zero-order chi connectivity index (χ0) is 15.9. The van der Waals surface area contributed by atoms with Gasteiger partial charge in [-0.15, -0.1) is 0 Å². The zero-order valence-electron chi connectivity index (χ0n) is 12.1. The normalized spacial score (nSPS) is 15.2. The van der Waals surface area contributed by atoms with Crippen molar-refractivity contribution in [2.75, 3.05) is 12.3 Å². The van der Waals surface area contributed by atoms with Crippen molar-refractivity contribution in [3.8, 4) is 0 Å². The third kappa shape index (κ3) is 7.22. The van der Waals surface area contributed by atoms with E-state index in [2.05, 4.69) is 10.6 Å². The topological polar surface area (TPSA) is 113 Å². The van der Waals surface area contributed by atoms with Crippen molar-refractivity contribution in [2.45, 2.75) is 39.0 Å². The third-order valence-electron chi connectivity index (χ3n) is 2.45. The fourth-order valence-electron chi connectivity index (χ4n) is 1.30. The number of rotatable bonds is 8. The summed E-state index contributed by atoms with van der Waals surface area (Å²) >= 11 is 0. The van der Waals surface area contributed by atoms with E-state index in [4.69, 9.17) is 5.11 Å². The van der Waals surface area contributed by atoms with Crippen LogP contribution in [0, 0.1) is 5.92 Å². The molecular formula is C12H22N2O5S. The first-order valence-corrected chi connectivity index (χ1v) is 7.68.